The summed E-state index contributed by atoms with van der Waals surface area (Å²) in [5, 5.41) is 0. The fourth-order valence-electron chi connectivity index (χ4n) is 2.60. The van der Waals surface area contributed by atoms with Crippen molar-refractivity contribution in [1.82, 2.24) is 0 Å². The highest BCUT2D eigenvalue weighted by atomic mass is 32.2. The zero-order valence-corrected chi connectivity index (χ0v) is 15.2. The van der Waals surface area contributed by atoms with Crippen molar-refractivity contribution in [1.29, 1.82) is 0 Å². The maximum atomic E-state index is 11.9. The smallest absolute Gasteiger partial charge is 0.175 e. The summed E-state index contributed by atoms with van der Waals surface area (Å²) < 4.78 is 29.7. The first-order valence-electron chi connectivity index (χ1n) is 8.05. The zero-order chi connectivity index (χ0) is 18.6. The van der Waals surface area contributed by atoms with Crippen LogP contribution in [-0.2, 0) is 16.4 Å². The summed E-state index contributed by atoms with van der Waals surface area (Å²) in [7, 11) is -3.29. The van der Waals surface area contributed by atoms with Crippen LogP contribution in [0.3, 0.4) is 0 Å². The van der Waals surface area contributed by atoms with Crippen LogP contribution >= 0.6 is 0 Å². The van der Waals surface area contributed by atoms with E-state index in [1.54, 1.807) is 24.3 Å². The first kappa shape index (κ1) is 17.8. The molecule has 3 aromatic rings. The maximum absolute atomic E-state index is 11.9. The van der Waals surface area contributed by atoms with Crippen LogP contribution in [0, 0.1) is 12.3 Å². The molecule has 3 rings (SSSR count). The van der Waals surface area contributed by atoms with Gasteiger partial charge in [-0.25, -0.2) is 8.42 Å². The Labute approximate surface area is 154 Å². The molecule has 0 aliphatic rings. The van der Waals surface area contributed by atoms with Gasteiger partial charge in [0.05, 0.1) is 4.90 Å². The maximum Gasteiger partial charge on any atom is 0.175 e. The van der Waals surface area contributed by atoms with Crippen LogP contribution < -0.4 is 4.74 Å². The minimum Gasteiger partial charge on any atom is -0.488 e. The highest BCUT2D eigenvalue weighted by Gasteiger charge is 2.12. The van der Waals surface area contributed by atoms with Gasteiger partial charge in [-0.2, -0.15) is 0 Å². The van der Waals surface area contributed by atoms with E-state index in [1.165, 1.54) is 6.26 Å². The molecule has 0 radical (unpaired) electrons. The highest BCUT2D eigenvalue weighted by molar-refractivity contribution is 7.90. The molecule has 0 fully saturated rings. The Hall–Kier alpha value is -3.03. The van der Waals surface area contributed by atoms with Crippen molar-refractivity contribution in [2.24, 2.45) is 0 Å². The van der Waals surface area contributed by atoms with Gasteiger partial charge >= 0.3 is 0 Å². The summed E-state index contributed by atoms with van der Waals surface area (Å²) in [5.74, 6) is 3.22. The minimum atomic E-state index is -3.29. The Morgan fingerprint density at radius 3 is 2.42 bits per heavy atom. The van der Waals surface area contributed by atoms with Gasteiger partial charge in [0.2, 0.25) is 0 Å². The van der Waals surface area contributed by atoms with Crippen molar-refractivity contribution in [3.05, 3.63) is 83.9 Å². The molecule has 3 nitrogen and oxygen atoms in total. The first-order valence-corrected chi connectivity index (χ1v) is 9.94. The predicted molar refractivity (Wildman–Crippen MR) is 104 cm³/mol. The van der Waals surface area contributed by atoms with E-state index in [1.807, 2.05) is 48.5 Å². The average molecular weight is 362 g/mol. The average Bonchev–Trinajstić information content (AvgIpc) is 2.66. The Bertz CT molecular complexity index is 1060. The van der Waals surface area contributed by atoms with Crippen LogP contribution in [0.5, 0.6) is 5.75 Å². The summed E-state index contributed by atoms with van der Waals surface area (Å²) in [6, 6.07) is 22.1. The molecule has 0 saturated carbocycles. The monoisotopic (exact) mass is 362 g/mol. The molecule has 0 saturated heterocycles. The number of hydrogen-bond acceptors (Lipinski definition) is 3. The molecule has 0 N–H and O–H groups in total. The van der Waals surface area contributed by atoms with Crippen molar-refractivity contribution < 1.29 is 13.2 Å². The quantitative estimate of drug-likeness (QED) is 0.635. The van der Waals surface area contributed by atoms with E-state index in [9.17, 15) is 8.42 Å². The van der Waals surface area contributed by atoms with Gasteiger partial charge in [0.1, 0.15) is 12.4 Å². The molecular formula is C22H18O3S. The van der Waals surface area contributed by atoms with Crippen molar-refractivity contribution in [3.63, 3.8) is 0 Å². The van der Waals surface area contributed by atoms with Crippen LogP contribution in [-0.4, -0.2) is 14.7 Å². The van der Waals surface area contributed by atoms with Gasteiger partial charge in [0.15, 0.2) is 9.84 Å². The number of ether oxygens (including phenoxy) is 1. The van der Waals surface area contributed by atoms with Gasteiger partial charge < -0.3 is 4.74 Å². The molecule has 0 atom stereocenters. The molecule has 0 heterocycles. The Balaban J connectivity index is 2.00. The SMILES string of the molecule is C#Cc1ccc(-c2cccc(S(C)(=O)=O)c2)c(OCc2ccccc2)c1. The van der Waals surface area contributed by atoms with Gasteiger partial charge in [-0.15, -0.1) is 6.42 Å². The second-order valence-electron chi connectivity index (χ2n) is 5.93. The van der Waals surface area contributed by atoms with Crippen molar-refractivity contribution >= 4 is 9.84 Å². The second kappa shape index (κ2) is 7.47. The van der Waals surface area contributed by atoms with E-state index in [4.69, 9.17) is 11.2 Å². The van der Waals surface area contributed by atoms with Gasteiger partial charge in [-0.3, -0.25) is 0 Å². The largest absolute Gasteiger partial charge is 0.488 e. The van der Waals surface area contributed by atoms with E-state index in [2.05, 4.69) is 5.92 Å². The Morgan fingerprint density at radius 1 is 0.962 bits per heavy atom. The number of hydrogen-bond donors (Lipinski definition) is 0. The molecule has 0 aliphatic heterocycles. The van der Waals surface area contributed by atoms with E-state index in [-0.39, 0.29) is 4.90 Å². The number of sulfone groups is 1. The van der Waals surface area contributed by atoms with Gasteiger partial charge in [-0.1, -0.05) is 48.4 Å². The van der Waals surface area contributed by atoms with Gasteiger partial charge in [-0.05, 0) is 41.5 Å². The lowest BCUT2D eigenvalue weighted by atomic mass is 10.0. The van der Waals surface area contributed by atoms with Crippen LogP contribution in [0.15, 0.2) is 77.7 Å². The van der Waals surface area contributed by atoms with Crippen LogP contribution in [0.4, 0.5) is 0 Å². The van der Waals surface area contributed by atoms with Crippen molar-refractivity contribution in [2.75, 3.05) is 6.26 Å². The highest BCUT2D eigenvalue weighted by Crippen LogP contribution is 2.32. The third-order valence-electron chi connectivity index (χ3n) is 3.96. The fourth-order valence-corrected chi connectivity index (χ4v) is 3.27. The number of rotatable bonds is 5. The van der Waals surface area contributed by atoms with Crippen molar-refractivity contribution in [2.45, 2.75) is 11.5 Å². The lowest BCUT2D eigenvalue weighted by Gasteiger charge is -2.13. The molecule has 0 unspecified atom stereocenters. The number of benzene rings is 3. The molecule has 130 valence electrons. The van der Waals surface area contributed by atoms with Gasteiger partial charge in [0, 0.05) is 17.4 Å². The van der Waals surface area contributed by atoms with E-state index >= 15 is 0 Å². The van der Waals surface area contributed by atoms with E-state index in [0.29, 0.717) is 17.9 Å². The van der Waals surface area contributed by atoms with Crippen molar-refractivity contribution in [3.8, 4) is 29.2 Å². The summed E-state index contributed by atoms with van der Waals surface area (Å²) >= 11 is 0. The first-order chi connectivity index (χ1) is 12.5. The third-order valence-corrected chi connectivity index (χ3v) is 5.07. The second-order valence-corrected chi connectivity index (χ2v) is 7.95. The minimum absolute atomic E-state index is 0.269. The third kappa shape index (κ3) is 4.14. The van der Waals surface area contributed by atoms with Gasteiger partial charge in [0.25, 0.3) is 0 Å². The molecule has 26 heavy (non-hydrogen) atoms. The molecule has 3 aromatic carbocycles. The van der Waals surface area contributed by atoms with E-state index < -0.39 is 9.84 Å². The molecule has 0 aromatic heterocycles. The van der Waals surface area contributed by atoms with Crippen LogP contribution in [0.2, 0.25) is 0 Å². The standard InChI is InChI=1S/C22H18O3S/c1-3-17-12-13-21(19-10-7-11-20(15-19)26(2,23)24)22(14-17)25-16-18-8-5-4-6-9-18/h1,4-15H,16H2,2H3. The molecule has 0 bridgehead atoms. The normalized spacial score (nSPS) is 10.9. The summed E-state index contributed by atoms with van der Waals surface area (Å²) in [6.45, 7) is 0.396. The van der Waals surface area contributed by atoms with Crippen LogP contribution in [0.1, 0.15) is 11.1 Å². The molecular weight excluding hydrogens is 344 g/mol. The summed E-state index contributed by atoms with van der Waals surface area (Å²) in [5.41, 5.74) is 3.30. The topological polar surface area (TPSA) is 43.4 Å². The van der Waals surface area contributed by atoms with Crippen LogP contribution in [0.25, 0.3) is 11.1 Å². The summed E-state index contributed by atoms with van der Waals surface area (Å²) in [4.78, 5) is 0.269. The fraction of sp³-hybridized carbons (Fsp3) is 0.0909. The van der Waals surface area contributed by atoms with E-state index in [0.717, 1.165) is 16.7 Å². The number of terminal acetylenes is 1. The Morgan fingerprint density at radius 2 is 1.73 bits per heavy atom. The zero-order valence-electron chi connectivity index (χ0n) is 14.3. The molecule has 4 heteroatoms. The molecule has 0 spiro atoms. The predicted octanol–water partition coefficient (Wildman–Crippen LogP) is 4.32. The summed E-state index contributed by atoms with van der Waals surface area (Å²) in [6.07, 6.45) is 6.71. The molecule has 0 aliphatic carbocycles. The Kier molecular flexibility index (Phi) is 5.11. The lowest BCUT2D eigenvalue weighted by molar-refractivity contribution is 0.307. The lowest BCUT2D eigenvalue weighted by Crippen LogP contribution is -1.99. The molecule has 0 amide bonds.